The molecule has 3 N–H and O–H groups in total. The number of benzene rings is 2. The summed E-state index contributed by atoms with van der Waals surface area (Å²) in [7, 11) is 0. The molecule has 0 radical (unpaired) electrons. The van der Waals surface area contributed by atoms with Gasteiger partial charge < -0.3 is 15.8 Å². The third-order valence-electron chi connectivity index (χ3n) is 3.46. The molecule has 0 fully saturated rings. The first-order valence-electron chi connectivity index (χ1n) is 6.58. The average molecular weight is 268 g/mol. The summed E-state index contributed by atoms with van der Waals surface area (Å²) < 4.78 is 5.54. The first-order valence-corrected chi connectivity index (χ1v) is 6.58. The normalized spacial score (nSPS) is 17.9. The van der Waals surface area contributed by atoms with E-state index in [0.717, 1.165) is 16.9 Å². The van der Waals surface area contributed by atoms with E-state index in [1.807, 2.05) is 54.6 Å². The van der Waals surface area contributed by atoms with Crippen molar-refractivity contribution in [3.05, 3.63) is 65.7 Å². The van der Waals surface area contributed by atoms with Crippen LogP contribution in [0.15, 0.2) is 54.6 Å². The summed E-state index contributed by atoms with van der Waals surface area (Å²) in [5.74, 6) is 0.632. The summed E-state index contributed by atoms with van der Waals surface area (Å²) in [6.45, 7) is 0.451. The van der Waals surface area contributed by atoms with Gasteiger partial charge in [0.2, 0.25) is 5.91 Å². The largest absolute Gasteiger partial charge is 0.491 e. The summed E-state index contributed by atoms with van der Waals surface area (Å²) in [6.07, 6.45) is 0. The molecule has 2 aromatic rings. The van der Waals surface area contributed by atoms with Crippen molar-refractivity contribution in [1.82, 2.24) is 5.32 Å². The van der Waals surface area contributed by atoms with Crippen molar-refractivity contribution < 1.29 is 9.53 Å². The molecule has 2 atom stereocenters. The summed E-state index contributed by atoms with van der Waals surface area (Å²) in [4.78, 5) is 12.2. The number of ether oxygens (including phenoxy) is 1. The number of carbonyl (C=O) groups excluding carboxylic acids is 1. The highest BCUT2D eigenvalue weighted by Gasteiger charge is 2.27. The van der Waals surface area contributed by atoms with Crippen molar-refractivity contribution in [3.8, 4) is 5.75 Å². The van der Waals surface area contributed by atoms with Crippen molar-refractivity contribution in [1.29, 1.82) is 0 Å². The summed E-state index contributed by atoms with van der Waals surface area (Å²) in [6, 6.07) is 16.3. The Balaban J connectivity index is 1.72. The number of hydrogen-bond acceptors (Lipinski definition) is 3. The van der Waals surface area contributed by atoms with Gasteiger partial charge in [-0.15, -0.1) is 0 Å². The molecule has 0 aliphatic carbocycles. The molecule has 102 valence electrons. The third kappa shape index (κ3) is 2.38. The standard InChI is InChI=1S/C16H16N2O2/c17-15(11-6-2-1-3-7-11)16(19)18-13-10-20-14-9-5-4-8-12(13)14/h1-9,13,15H,10,17H2,(H,18,19). The van der Waals surface area contributed by atoms with Crippen LogP contribution >= 0.6 is 0 Å². The molecular formula is C16H16N2O2. The van der Waals surface area contributed by atoms with Crippen LogP contribution in [0.25, 0.3) is 0 Å². The van der Waals surface area contributed by atoms with Crippen molar-refractivity contribution in [3.63, 3.8) is 0 Å². The van der Waals surface area contributed by atoms with Gasteiger partial charge in [0.1, 0.15) is 18.4 Å². The van der Waals surface area contributed by atoms with E-state index in [9.17, 15) is 4.79 Å². The predicted molar refractivity (Wildman–Crippen MR) is 76.2 cm³/mol. The molecule has 4 nitrogen and oxygen atoms in total. The molecule has 1 aliphatic rings. The zero-order chi connectivity index (χ0) is 13.9. The van der Waals surface area contributed by atoms with E-state index in [1.165, 1.54) is 0 Å². The monoisotopic (exact) mass is 268 g/mol. The van der Waals surface area contributed by atoms with Gasteiger partial charge >= 0.3 is 0 Å². The van der Waals surface area contributed by atoms with Crippen LogP contribution in [0.5, 0.6) is 5.75 Å². The van der Waals surface area contributed by atoms with Crippen LogP contribution in [0.2, 0.25) is 0 Å². The van der Waals surface area contributed by atoms with E-state index >= 15 is 0 Å². The Hall–Kier alpha value is -2.33. The smallest absolute Gasteiger partial charge is 0.242 e. The summed E-state index contributed by atoms with van der Waals surface area (Å²) in [5.41, 5.74) is 7.79. The molecule has 0 saturated carbocycles. The van der Waals surface area contributed by atoms with Gasteiger partial charge in [-0.1, -0.05) is 48.5 Å². The first-order chi connectivity index (χ1) is 9.75. The van der Waals surface area contributed by atoms with E-state index < -0.39 is 6.04 Å². The van der Waals surface area contributed by atoms with E-state index in [2.05, 4.69) is 5.32 Å². The average Bonchev–Trinajstić information content (AvgIpc) is 2.91. The molecule has 1 heterocycles. The van der Waals surface area contributed by atoms with Gasteiger partial charge in [0, 0.05) is 5.56 Å². The minimum Gasteiger partial charge on any atom is -0.491 e. The number of nitrogens with two attached hydrogens (primary N) is 1. The zero-order valence-electron chi connectivity index (χ0n) is 11.0. The second-order valence-corrected chi connectivity index (χ2v) is 4.80. The van der Waals surface area contributed by atoms with Crippen LogP contribution in [-0.4, -0.2) is 12.5 Å². The lowest BCUT2D eigenvalue weighted by molar-refractivity contribution is -0.123. The van der Waals surface area contributed by atoms with Crippen molar-refractivity contribution >= 4 is 5.91 Å². The number of carbonyl (C=O) groups is 1. The van der Waals surface area contributed by atoms with Gasteiger partial charge in [0.15, 0.2) is 0 Å². The number of rotatable bonds is 3. The van der Waals surface area contributed by atoms with Gasteiger partial charge in [-0.2, -0.15) is 0 Å². The van der Waals surface area contributed by atoms with Crippen molar-refractivity contribution in [2.75, 3.05) is 6.61 Å². The van der Waals surface area contributed by atoms with Crippen LogP contribution in [0.3, 0.4) is 0 Å². The number of nitrogens with one attached hydrogen (secondary N) is 1. The zero-order valence-corrected chi connectivity index (χ0v) is 11.0. The van der Waals surface area contributed by atoms with Crippen molar-refractivity contribution in [2.45, 2.75) is 12.1 Å². The number of hydrogen-bond donors (Lipinski definition) is 2. The second kappa shape index (κ2) is 5.35. The maximum atomic E-state index is 12.2. The molecule has 4 heteroatoms. The molecular weight excluding hydrogens is 252 g/mol. The van der Waals surface area contributed by atoms with E-state index in [4.69, 9.17) is 10.5 Å². The molecule has 2 aromatic carbocycles. The topological polar surface area (TPSA) is 64.4 Å². The lowest BCUT2D eigenvalue weighted by Crippen LogP contribution is -2.37. The van der Waals surface area contributed by atoms with Crippen LogP contribution < -0.4 is 15.8 Å². The Labute approximate surface area is 117 Å². The molecule has 1 amide bonds. The molecule has 20 heavy (non-hydrogen) atoms. The maximum absolute atomic E-state index is 12.2. The fraction of sp³-hybridized carbons (Fsp3) is 0.188. The quantitative estimate of drug-likeness (QED) is 0.894. The van der Waals surface area contributed by atoms with Crippen LogP contribution in [0, 0.1) is 0 Å². The highest BCUT2D eigenvalue weighted by molar-refractivity contribution is 5.83. The maximum Gasteiger partial charge on any atom is 0.242 e. The Morgan fingerprint density at radius 3 is 2.65 bits per heavy atom. The Morgan fingerprint density at radius 1 is 1.15 bits per heavy atom. The molecule has 0 spiro atoms. The Bertz CT molecular complexity index is 613. The van der Waals surface area contributed by atoms with Gasteiger partial charge in [-0.3, -0.25) is 4.79 Å². The Morgan fingerprint density at radius 2 is 1.85 bits per heavy atom. The van der Waals surface area contributed by atoms with Crippen LogP contribution in [0.4, 0.5) is 0 Å². The summed E-state index contributed by atoms with van der Waals surface area (Å²) in [5, 5.41) is 2.94. The predicted octanol–water partition coefficient (Wildman–Crippen LogP) is 1.94. The number of para-hydroxylation sites is 1. The van der Waals surface area contributed by atoms with Gasteiger partial charge in [0.25, 0.3) is 0 Å². The lowest BCUT2D eigenvalue weighted by atomic mass is 10.1. The lowest BCUT2D eigenvalue weighted by Gasteiger charge is -2.16. The fourth-order valence-corrected chi connectivity index (χ4v) is 2.36. The van der Waals surface area contributed by atoms with Gasteiger partial charge in [0.05, 0.1) is 6.04 Å². The molecule has 3 rings (SSSR count). The van der Waals surface area contributed by atoms with E-state index in [1.54, 1.807) is 0 Å². The molecule has 1 aliphatic heterocycles. The minimum absolute atomic E-state index is 0.131. The first kappa shape index (κ1) is 12.7. The van der Waals surface area contributed by atoms with E-state index in [-0.39, 0.29) is 11.9 Å². The third-order valence-corrected chi connectivity index (χ3v) is 3.46. The molecule has 0 saturated heterocycles. The van der Waals surface area contributed by atoms with Crippen LogP contribution in [0.1, 0.15) is 23.2 Å². The van der Waals surface area contributed by atoms with E-state index in [0.29, 0.717) is 6.61 Å². The second-order valence-electron chi connectivity index (χ2n) is 4.80. The molecule has 2 unspecified atom stereocenters. The highest BCUT2D eigenvalue weighted by Crippen LogP contribution is 2.31. The SMILES string of the molecule is NC(C(=O)NC1COc2ccccc21)c1ccccc1. The molecule has 0 bridgehead atoms. The number of fused-ring (bicyclic) bond motifs is 1. The fourth-order valence-electron chi connectivity index (χ4n) is 2.36. The summed E-state index contributed by atoms with van der Waals surface area (Å²) >= 11 is 0. The number of amides is 1. The van der Waals surface area contributed by atoms with Gasteiger partial charge in [-0.05, 0) is 11.6 Å². The highest BCUT2D eigenvalue weighted by atomic mass is 16.5. The van der Waals surface area contributed by atoms with Crippen LogP contribution in [-0.2, 0) is 4.79 Å². The van der Waals surface area contributed by atoms with Gasteiger partial charge in [-0.25, -0.2) is 0 Å². The minimum atomic E-state index is -0.663. The molecule has 0 aromatic heterocycles. The Kier molecular flexibility index (Phi) is 3.39. The van der Waals surface area contributed by atoms with Crippen molar-refractivity contribution in [2.24, 2.45) is 5.73 Å².